The number of esters is 2. The van der Waals surface area contributed by atoms with Gasteiger partial charge in [0.15, 0.2) is 23.8 Å². The van der Waals surface area contributed by atoms with Gasteiger partial charge < -0.3 is 9.47 Å². The minimum atomic E-state index is -0.719. The zero-order valence-electron chi connectivity index (χ0n) is 54.7. The Bertz CT molecular complexity index is 2080. The number of ketones is 2. The number of ether oxygens (including phenoxy) is 2. The lowest BCUT2D eigenvalue weighted by Crippen LogP contribution is -2.39. The van der Waals surface area contributed by atoms with E-state index >= 15 is 0 Å². The highest BCUT2D eigenvalue weighted by atomic mass is 16.6. The molecule has 6 nitrogen and oxygen atoms in total. The Morgan fingerprint density at radius 2 is 0.634 bits per heavy atom. The van der Waals surface area contributed by atoms with Crippen molar-refractivity contribution < 1.29 is 28.7 Å². The molecule has 6 heteroatoms. The Morgan fingerprint density at radius 3 is 0.915 bits per heavy atom. The molecule has 0 aliphatic heterocycles. The number of carbonyl (C=O) groups is 4. The molecule has 82 heavy (non-hydrogen) atoms. The highest BCUT2D eigenvalue weighted by molar-refractivity contribution is 6.02. The van der Waals surface area contributed by atoms with Crippen LogP contribution >= 0.6 is 0 Å². The first-order valence-corrected chi connectivity index (χ1v) is 33.3. The molecule has 2 aliphatic carbocycles. The van der Waals surface area contributed by atoms with Crippen LogP contribution in [0.5, 0.6) is 0 Å². The number of allylic oxidation sites excluding steroid dienone is 20. The molecule has 2 rings (SSSR count). The van der Waals surface area contributed by atoms with Crippen LogP contribution in [0, 0.1) is 10.8 Å². The quantitative estimate of drug-likeness (QED) is 0.0343. The van der Waals surface area contributed by atoms with Crippen molar-refractivity contribution in [1.82, 2.24) is 0 Å². The van der Waals surface area contributed by atoms with Gasteiger partial charge in [-0.25, -0.2) is 0 Å². The minimum absolute atomic E-state index is 0.0834. The van der Waals surface area contributed by atoms with Crippen LogP contribution in [-0.2, 0) is 28.7 Å². The van der Waals surface area contributed by atoms with Gasteiger partial charge in [-0.2, -0.15) is 0 Å². The van der Waals surface area contributed by atoms with Crippen molar-refractivity contribution in [2.75, 3.05) is 0 Å². The Balaban J connectivity index is 1.75. The fraction of sp³-hybridized carbons (Fsp3) is 0.658. The maximum absolute atomic E-state index is 13.4. The van der Waals surface area contributed by atoms with Crippen molar-refractivity contribution in [3.05, 3.63) is 130 Å². The van der Waals surface area contributed by atoms with Crippen LogP contribution in [0.3, 0.4) is 0 Å². The van der Waals surface area contributed by atoms with Crippen LogP contribution in [0.15, 0.2) is 130 Å². The van der Waals surface area contributed by atoms with E-state index in [0.29, 0.717) is 36.8 Å². The van der Waals surface area contributed by atoms with Gasteiger partial charge in [0.25, 0.3) is 0 Å². The molecule has 2 unspecified atom stereocenters. The van der Waals surface area contributed by atoms with Gasteiger partial charge >= 0.3 is 11.9 Å². The van der Waals surface area contributed by atoms with Gasteiger partial charge in [-0.05, 0) is 87.5 Å². The summed E-state index contributed by atoms with van der Waals surface area (Å²) < 4.78 is 11.6. The normalized spacial score (nSPS) is 18.5. The topological polar surface area (TPSA) is 86.7 Å². The van der Waals surface area contributed by atoms with E-state index in [4.69, 9.17) is 9.47 Å². The van der Waals surface area contributed by atoms with Gasteiger partial charge in [0.2, 0.25) is 0 Å². The van der Waals surface area contributed by atoms with Crippen LogP contribution < -0.4 is 0 Å². The Morgan fingerprint density at radius 1 is 0.390 bits per heavy atom. The predicted molar refractivity (Wildman–Crippen MR) is 352 cm³/mol. The summed E-state index contributed by atoms with van der Waals surface area (Å²) in [5.74, 6) is -0.675. The Labute approximate surface area is 503 Å². The number of carbonyl (C=O) groups excluding carboxylic acids is 4. The molecule has 0 aromatic carbocycles. The van der Waals surface area contributed by atoms with Gasteiger partial charge in [-0.3, -0.25) is 19.2 Å². The molecule has 0 aromatic heterocycles. The molecule has 2 aliphatic rings. The summed E-state index contributed by atoms with van der Waals surface area (Å²) in [6.45, 7) is 25.1. The zero-order chi connectivity index (χ0) is 60.4. The third-order valence-corrected chi connectivity index (χ3v) is 16.8. The average molecular weight is 1130 g/mol. The van der Waals surface area contributed by atoms with Gasteiger partial charge in [0, 0.05) is 25.7 Å². The third kappa shape index (κ3) is 33.1. The molecule has 0 aromatic rings. The maximum atomic E-state index is 13.4. The van der Waals surface area contributed by atoms with Crippen molar-refractivity contribution in [2.24, 2.45) is 10.8 Å². The number of hydrogen-bond donors (Lipinski definition) is 0. The molecule has 0 saturated carbocycles. The molecular weight excluding hydrogens is 1010 g/mol. The lowest BCUT2D eigenvalue weighted by Gasteiger charge is -2.36. The number of rotatable bonds is 44. The Kier molecular flexibility index (Phi) is 39.4. The molecule has 0 N–H and O–H groups in total. The maximum Gasteiger partial charge on any atom is 0.306 e. The van der Waals surface area contributed by atoms with Crippen molar-refractivity contribution in [3.63, 3.8) is 0 Å². The summed E-state index contributed by atoms with van der Waals surface area (Å²) in [6, 6.07) is 0. The van der Waals surface area contributed by atoms with Gasteiger partial charge in [-0.1, -0.05) is 329 Å². The number of unbranched alkanes of at least 4 members (excludes halogenated alkanes) is 28. The van der Waals surface area contributed by atoms with Crippen molar-refractivity contribution in [2.45, 2.75) is 314 Å². The second-order valence-corrected chi connectivity index (χ2v) is 25.8. The van der Waals surface area contributed by atoms with E-state index in [9.17, 15) is 19.2 Å². The van der Waals surface area contributed by atoms with E-state index in [0.717, 1.165) is 72.0 Å². The molecule has 0 bridgehead atoms. The molecule has 0 saturated heterocycles. The molecule has 460 valence electrons. The smallest absolute Gasteiger partial charge is 0.306 e. The van der Waals surface area contributed by atoms with E-state index in [1.807, 2.05) is 38.2 Å². The van der Waals surface area contributed by atoms with Crippen molar-refractivity contribution >= 4 is 23.5 Å². The molecule has 0 amide bonds. The third-order valence-electron chi connectivity index (χ3n) is 16.8. The van der Waals surface area contributed by atoms with Gasteiger partial charge in [-0.15, -0.1) is 0 Å². The van der Waals surface area contributed by atoms with Gasteiger partial charge in [0.05, 0.1) is 0 Å². The van der Waals surface area contributed by atoms with Crippen LogP contribution in [-0.4, -0.2) is 35.7 Å². The highest BCUT2D eigenvalue weighted by Gasteiger charge is 2.41. The fourth-order valence-electron chi connectivity index (χ4n) is 11.5. The monoisotopic (exact) mass is 1130 g/mol. The predicted octanol–water partition coefficient (Wildman–Crippen LogP) is 22.5. The summed E-state index contributed by atoms with van der Waals surface area (Å²) in [5, 5.41) is 0. The Hall–Kier alpha value is -4.58. The first-order valence-electron chi connectivity index (χ1n) is 33.3. The van der Waals surface area contributed by atoms with Crippen LogP contribution in [0.1, 0.15) is 301 Å². The number of hydrogen-bond acceptors (Lipinski definition) is 6. The highest BCUT2D eigenvalue weighted by Crippen LogP contribution is 2.42. The first kappa shape index (κ1) is 73.5. The molecule has 0 spiro atoms. The second kappa shape index (κ2) is 44.0. The minimum Gasteiger partial charge on any atom is -0.454 e. The van der Waals surface area contributed by atoms with Crippen molar-refractivity contribution in [3.8, 4) is 0 Å². The fourth-order valence-corrected chi connectivity index (χ4v) is 11.5. The molecule has 0 heterocycles. The largest absolute Gasteiger partial charge is 0.454 e. The standard InChI is InChI=1S/C76H120O6/c1-13-15-17-19-21-23-25-27-29-31-33-35-37-39-41-53-71(77)81-69-59-75(9,10)67(65(7)73(69)79)57-55-63(5)51-45-49-61(3)47-43-44-48-62(4)50-46-52-64(6)56-58-68-66(8)74(80)70(60-76(68,11)12)82-72(78)54-42-40-38-36-34-32-30-28-26-24-22-20-18-16-14-2/h43-52,55-58,69-70H,13-42,53-54,59-60H2,1-12H3/b44-43+,49-45+,50-46+,57-55+,58-56+,61-47+,62-48+,63-51+,64-52+. The summed E-state index contributed by atoms with van der Waals surface area (Å²) in [6.07, 6.45) is 67.6. The molecule has 2 atom stereocenters. The molecule has 0 fully saturated rings. The second-order valence-electron chi connectivity index (χ2n) is 25.8. The zero-order valence-corrected chi connectivity index (χ0v) is 54.7. The summed E-state index contributed by atoms with van der Waals surface area (Å²) >= 11 is 0. The van der Waals surface area contributed by atoms with E-state index in [1.165, 1.54) is 154 Å². The molecule has 0 radical (unpaired) electrons. The van der Waals surface area contributed by atoms with Gasteiger partial charge in [0.1, 0.15) is 0 Å². The summed E-state index contributed by atoms with van der Waals surface area (Å²) in [7, 11) is 0. The molecular formula is C76H120O6. The van der Waals surface area contributed by atoms with E-state index in [2.05, 4.69) is 130 Å². The number of Topliss-reactive ketones (excluding diaryl/α,β-unsaturated/α-hetero) is 2. The SMILES string of the molecule is CCCCCCCCCCCCCCCCCC(=O)OC1CC(C)(C)C(/C=C/C(C)=C/C=C/C(C)=C/C=C/C=C(C)/C=C/C=C(C)/C=C/C2=C(C)C(=O)C(OC(=O)CCCCCCCCCCCCCCCCC)CC2(C)C)=C(C)C1=O. The van der Waals surface area contributed by atoms with Crippen LogP contribution in [0.25, 0.3) is 0 Å². The van der Waals surface area contributed by atoms with E-state index in [1.54, 1.807) is 0 Å². The summed E-state index contributed by atoms with van der Waals surface area (Å²) in [4.78, 5) is 52.5. The summed E-state index contributed by atoms with van der Waals surface area (Å²) in [5.41, 5.74) is 7.08. The van der Waals surface area contributed by atoms with E-state index < -0.39 is 12.2 Å². The first-order chi connectivity index (χ1) is 39.3. The van der Waals surface area contributed by atoms with E-state index in [-0.39, 0.29) is 34.3 Å². The van der Waals surface area contributed by atoms with Crippen LogP contribution in [0.2, 0.25) is 0 Å². The van der Waals surface area contributed by atoms with Crippen LogP contribution in [0.4, 0.5) is 0 Å². The average Bonchev–Trinajstić information content (AvgIpc) is 3.58. The lowest BCUT2D eigenvalue weighted by molar-refractivity contribution is -0.156. The lowest BCUT2D eigenvalue weighted by atomic mass is 9.71. The van der Waals surface area contributed by atoms with Crippen molar-refractivity contribution in [1.29, 1.82) is 0 Å².